The van der Waals surface area contributed by atoms with Crippen molar-refractivity contribution in [3.8, 4) is 0 Å². The lowest BCUT2D eigenvalue weighted by molar-refractivity contribution is 0.0716. The Balaban J connectivity index is 1.56. The number of carbonyl (C=O) groups excluding carboxylic acids is 1. The number of aromatic amines is 1. The fourth-order valence-electron chi connectivity index (χ4n) is 3.48. The van der Waals surface area contributed by atoms with Crippen LogP contribution in [0.2, 0.25) is 4.34 Å². The van der Waals surface area contributed by atoms with Crippen molar-refractivity contribution in [1.29, 1.82) is 0 Å². The lowest BCUT2D eigenvalue weighted by atomic mass is 9.96. The number of H-pyrrole nitrogens is 1. The normalized spacial score (nSPS) is 15.6. The molecule has 142 valence electrons. The van der Waals surface area contributed by atoms with E-state index in [4.69, 9.17) is 11.6 Å². The van der Waals surface area contributed by atoms with E-state index >= 15 is 0 Å². The number of nitrogens with zero attached hydrogens (tertiary/aromatic N) is 4. The van der Waals surface area contributed by atoms with Crippen molar-refractivity contribution in [3.63, 3.8) is 0 Å². The van der Waals surface area contributed by atoms with Crippen LogP contribution < -0.4 is 11.2 Å². The summed E-state index contributed by atoms with van der Waals surface area (Å²) in [5.74, 6) is 0.786. The standard InChI is InChI=1S/C17H18ClN5O3S/c1-21-14-12(16(25)22(2)17(21)26)19-13(20-14)9-5-7-23(8-6-9)15(24)10-3-4-11(18)27-10/h3-4,9H,5-8H2,1-2H3,(H,19,20). The van der Waals surface area contributed by atoms with Crippen molar-refractivity contribution in [2.45, 2.75) is 18.8 Å². The Morgan fingerprint density at radius 3 is 2.56 bits per heavy atom. The number of hydrogen-bond acceptors (Lipinski definition) is 5. The van der Waals surface area contributed by atoms with Crippen LogP contribution in [-0.4, -0.2) is 43.0 Å². The molecule has 0 saturated carbocycles. The highest BCUT2D eigenvalue weighted by Gasteiger charge is 2.28. The van der Waals surface area contributed by atoms with Gasteiger partial charge in [0, 0.05) is 33.1 Å². The van der Waals surface area contributed by atoms with Crippen molar-refractivity contribution < 1.29 is 4.79 Å². The first-order valence-corrected chi connectivity index (χ1v) is 9.76. The summed E-state index contributed by atoms with van der Waals surface area (Å²) in [4.78, 5) is 47.0. The smallest absolute Gasteiger partial charge is 0.332 e. The van der Waals surface area contributed by atoms with Gasteiger partial charge in [-0.15, -0.1) is 11.3 Å². The summed E-state index contributed by atoms with van der Waals surface area (Å²) in [5, 5.41) is 0. The van der Waals surface area contributed by atoms with Crippen molar-refractivity contribution in [1.82, 2.24) is 24.0 Å². The third kappa shape index (κ3) is 3.00. The number of rotatable bonds is 2. The number of aryl methyl sites for hydroxylation is 1. The van der Waals surface area contributed by atoms with Gasteiger partial charge in [-0.1, -0.05) is 11.6 Å². The van der Waals surface area contributed by atoms with E-state index in [-0.39, 0.29) is 17.4 Å². The van der Waals surface area contributed by atoms with Crippen LogP contribution in [-0.2, 0) is 14.1 Å². The highest BCUT2D eigenvalue weighted by atomic mass is 35.5. The van der Waals surface area contributed by atoms with E-state index < -0.39 is 5.69 Å². The van der Waals surface area contributed by atoms with Gasteiger partial charge in [-0.05, 0) is 25.0 Å². The fourth-order valence-corrected chi connectivity index (χ4v) is 4.49. The topological polar surface area (TPSA) is 93.0 Å². The van der Waals surface area contributed by atoms with Crippen LogP contribution in [0.25, 0.3) is 11.2 Å². The number of halogens is 1. The second-order valence-corrected chi connectivity index (χ2v) is 8.41. The second kappa shape index (κ2) is 6.65. The molecule has 3 aromatic heterocycles. The Morgan fingerprint density at radius 2 is 1.93 bits per heavy atom. The summed E-state index contributed by atoms with van der Waals surface area (Å²) in [6, 6.07) is 3.47. The van der Waals surface area contributed by atoms with Gasteiger partial charge >= 0.3 is 5.69 Å². The van der Waals surface area contributed by atoms with Gasteiger partial charge in [0.15, 0.2) is 5.65 Å². The highest BCUT2D eigenvalue weighted by molar-refractivity contribution is 7.17. The third-order valence-electron chi connectivity index (χ3n) is 5.07. The molecule has 4 rings (SSSR count). The molecule has 1 N–H and O–H groups in total. The van der Waals surface area contributed by atoms with Crippen LogP contribution in [0.3, 0.4) is 0 Å². The average Bonchev–Trinajstić information content (AvgIpc) is 3.31. The van der Waals surface area contributed by atoms with Gasteiger partial charge in [0.2, 0.25) is 0 Å². The number of fused-ring (bicyclic) bond motifs is 1. The molecule has 3 aromatic rings. The Morgan fingerprint density at radius 1 is 1.22 bits per heavy atom. The molecular weight excluding hydrogens is 390 g/mol. The van der Waals surface area contributed by atoms with Crippen LogP contribution in [0.15, 0.2) is 21.7 Å². The SMILES string of the molecule is Cn1c(=O)c2[nH]c(C3CCN(C(=O)c4ccc(Cl)s4)CC3)nc2n(C)c1=O. The largest absolute Gasteiger partial charge is 0.338 e. The minimum Gasteiger partial charge on any atom is -0.338 e. The molecule has 0 unspecified atom stereocenters. The number of hydrogen-bond donors (Lipinski definition) is 1. The van der Waals surface area contributed by atoms with Gasteiger partial charge in [-0.3, -0.25) is 18.7 Å². The number of thiophene rings is 1. The Hall–Kier alpha value is -2.39. The van der Waals surface area contributed by atoms with Crippen LogP contribution in [0.5, 0.6) is 0 Å². The molecule has 1 amide bonds. The van der Waals surface area contributed by atoms with Gasteiger partial charge in [-0.2, -0.15) is 0 Å². The van der Waals surface area contributed by atoms with E-state index in [0.29, 0.717) is 39.3 Å². The lowest BCUT2D eigenvalue weighted by Gasteiger charge is -2.30. The van der Waals surface area contributed by atoms with E-state index in [2.05, 4.69) is 9.97 Å². The molecular formula is C17H18ClN5O3S. The molecule has 8 nitrogen and oxygen atoms in total. The average molecular weight is 408 g/mol. The van der Waals surface area contributed by atoms with E-state index in [1.807, 2.05) is 4.90 Å². The van der Waals surface area contributed by atoms with Gasteiger partial charge in [0.05, 0.1) is 9.21 Å². The molecule has 27 heavy (non-hydrogen) atoms. The van der Waals surface area contributed by atoms with Crippen molar-refractivity contribution in [2.24, 2.45) is 14.1 Å². The van der Waals surface area contributed by atoms with Crippen LogP contribution in [0, 0.1) is 0 Å². The van der Waals surface area contributed by atoms with Crippen molar-refractivity contribution >= 4 is 40.0 Å². The summed E-state index contributed by atoms with van der Waals surface area (Å²) >= 11 is 7.20. The zero-order valence-electron chi connectivity index (χ0n) is 14.9. The van der Waals surface area contributed by atoms with Crippen molar-refractivity contribution in [2.75, 3.05) is 13.1 Å². The fraction of sp³-hybridized carbons (Fsp3) is 0.412. The number of imidazole rings is 1. The Labute approximate surface area is 163 Å². The predicted molar refractivity (Wildman–Crippen MR) is 104 cm³/mol. The van der Waals surface area contributed by atoms with Crippen LogP contribution in [0.4, 0.5) is 0 Å². The maximum Gasteiger partial charge on any atom is 0.332 e. The number of likely N-dealkylation sites (tertiary alicyclic amines) is 1. The second-order valence-electron chi connectivity index (χ2n) is 6.70. The maximum atomic E-state index is 12.5. The highest BCUT2D eigenvalue weighted by Crippen LogP contribution is 2.29. The number of piperidine rings is 1. The molecule has 0 spiro atoms. The number of carbonyl (C=O) groups is 1. The van der Waals surface area contributed by atoms with Crippen molar-refractivity contribution in [3.05, 3.63) is 48.0 Å². The minimum absolute atomic E-state index is 0.00813. The van der Waals surface area contributed by atoms with E-state index in [9.17, 15) is 14.4 Å². The quantitative estimate of drug-likeness (QED) is 0.699. The molecule has 1 saturated heterocycles. The van der Waals surface area contributed by atoms with Gasteiger partial charge < -0.3 is 9.88 Å². The molecule has 1 aliphatic heterocycles. The monoisotopic (exact) mass is 407 g/mol. The summed E-state index contributed by atoms with van der Waals surface area (Å²) in [6.07, 6.45) is 1.47. The van der Waals surface area contributed by atoms with Gasteiger partial charge in [0.1, 0.15) is 11.3 Å². The zero-order chi connectivity index (χ0) is 19.3. The zero-order valence-corrected chi connectivity index (χ0v) is 16.4. The maximum absolute atomic E-state index is 12.5. The van der Waals surface area contributed by atoms with E-state index in [0.717, 1.165) is 17.4 Å². The summed E-state index contributed by atoms with van der Waals surface area (Å²) < 4.78 is 3.04. The van der Waals surface area contributed by atoms with Gasteiger partial charge in [0.25, 0.3) is 11.5 Å². The molecule has 4 heterocycles. The molecule has 0 radical (unpaired) electrons. The number of nitrogens with one attached hydrogen (secondary N) is 1. The first kappa shape index (κ1) is 18.0. The summed E-state index contributed by atoms with van der Waals surface area (Å²) in [6.45, 7) is 1.21. The lowest BCUT2D eigenvalue weighted by Crippen LogP contribution is -2.37. The molecule has 10 heteroatoms. The third-order valence-corrected chi connectivity index (χ3v) is 6.29. The molecule has 0 aromatic carbocycles. The molecule has 0 atom stereocenters. The summed E-state index contributed by atoms with van der Waals surface area (Å²) in [7, 11) is 3.05. The molecule has 0 bridgehead atoms. The van der Waals surface area contributed by atoms with E-state index in [1.165, 1.54) is 23.0 Å². The first-order chi connectivity index (χ1) is 12.9. The van der Waals surface area contributed by atoms with Gasteiger partial charge in [-0.25, -0.2) is 9.78 Å². The molecule has 0 aliphatic carbocycles. The molecule has 1 fully saturated rings. The number of amides is 1. The minimum atomic E-state index is -0.402. The number of aromatic nitrogens is 4. The predicted octanol–water partition coefficient (Wildman–Crippen LogP) is 1.69. The van der Waals surface area contributed by atoms with Crippen LogP contribution >= 0.6 is 22.9 Å². The van der Waals surface area contributed by atoms with Crippen LogP contribution in [0.1, 0.15) is 34.3 Å². The molecule has 1 aliphatic rings. The summed E-state index contributed by atoms with van der Waals surface area (Å²) in [5.41, 5.74) is -0.0826. The Bertz CT molecular complexity index is 1150. The Kier molecular flexibility index (Phi) is 4.43. The first-order valence-electron chi connectivity index (χ1n) is 8.57. The van der Waals surface area contributed by atoms with E-state index in [1.54, 1.807) is 19.2 Å².